The van der Waals surface area contributed by atoms with E-state index in [0.717, 1.165) is 12.8 Å². The van der Waals surface area contributed by atoms with Gasteiger partial charge in [0.05, 0.1) is 0 Å². The summed E-state index contributed by atoms with van der Waals surface area (Å²) >= 11 is 1.32. The highest BCUT2D eigenvalue weighted by Crippen LogP contribution is 2.29. The number of aromatic nitrogens is 1. The van der Waals surface area contributed by atoms with E-state index >= 15 is 0 Å². The Morgan fingerprint density at radius 3 is 3.00 bits per heavy atom. The van der Waals surface area contributed by atoms with Crippen molar-refractivity contribution in [2.75, 3.05) is 0 Å². The second-order valence-corrected chi connectivity index (χ2v) is 4.34. The molecule has 13 heavy (non-hydrogen) atoms. The number of nitrogens with zero attached hydrogens (tertiary/aromatic N) is 1. The van der Waals surface area contributed by atoms with Gasteiger partial charge in [0.1, 0.15) is 6.10 Å². The van der Waals surface area contributed by atoms with Crippen LogP contribution in [0.3, 0.4) is 0 Å². The molecule has 1 aliphatic carbocycles. The first-order chi connectivity index (χ1) is 6.25. The largest absolute Gasteiger partial charge is 0.457 e. The lowest BCUT2D eigenvalue weighted by Crippen LogP contribution is -2.31. The minimum Gasteiger partial charge on any atom is -0.457 e. The normalized spacial score (nSPS) is 26.5. The molecule has 0 bridgehead atoms. The quantitative estimate of drug-likeness (QED) is 0.681. The highest BCUT2D eigenvalue weighted by Gasteiger charge is 2.29. The van der Waals surface area contributed by atoms with Crippen molar-refractivity contribution < 1.29 is 9.53 Å². The molecule has 1 fully saturated rings. The summed E-state index contributed by atoms with van der Waals surface area (Å²) in [5, 5.41) is 2.24. The first-order valence-electron chi connectivity index (χ1n) is 4.36. The fourth-order valence-electron chi connectivity index (χ4n) is 1.45. The first kappa shape index (κ1) is 8.69. The molecule has 3 nitrogen and oxygen atoms in total. The van der Waals surface area contributed by atoms with Gasteiger partial charge in [-0.1, -0.05) is 6.92 Å². The summed E-state index contributed by atoms with van der Waals surface area (Å²) in [7, 11) is 0. The van der Waals surface area contributed by atoms with E-state index in [2.05, 4.69) is 11.9 Å². The van der Waals surface area contributed by atoms with Crippen LogP contribution in [-0.2, 0) is 4.74 Å². The van der Waals surface area contributed by atoms with Gasteiger partial charge in [-0.25, -0.2) is 9.78 Å². The lowest BCUT2D eigenvalue weighted by Gasteiger charge is -2.31. The first-order valence-corrected chi connectivity index (χ1v) is 5.24. The Bertz CT molecular complexity index is 291. The molecule has 0 radical (unpaired) electrons. The average Bonchev–Trinajstić information content (AvgIpc) is 2.53. The molecule has 2 rings (SSSR count). The van der Waals surface area contributed by atoms with Gasteiger partial charge in [0.15, 0.2) is 0 Å². The number of esters is 1. The average molecular weight is 197 g/mol. The van der Waals surface area contributed by atoms with Gasteiger partial charge >= 0.3 is 5.97 Å². The minimum absolute atomic E-state index is 0.131. The predicted octanol–water partition coefficient (Wildman–Crippen LogP) is 2.10. The van der Waals surface area contributed by atoms with Crippen LogP contribution >= 0.6 is 11.3 Å². The topological polar surface area (TPSA) is 39.2 Å². The van der Waals surface area contributed by atoms with E-state index in [4.69, 9.17) is 4.74 Å². The zero-order valence-electron chi connectivity index (χ0n) is 7.40. The molecule has 0 saturated heterocycles. The summed E-state index contributed by atoms with van der Waals surface area (Å²) in [5.74, 6) is 0.431. The Kier molecular flexibility index (Phi) is 2.31. The Hall–Kier alpha value is -0.900. The second kappa shape index (κ2) is 3.46. The van der Waals surface area contributed by atoms with Crippen molar-refractivity contribution in [3.05, 3.63) is 16.6 Å². The van der Waals surface area contributed by atoms with Crippen LogP contribution in [0.1, 0.15) is 29.6 Å². The lowest BCUT2D eigenvalue weighted by atomic mass is 9.84. The summed E-state index contributed by atoms with van der Waals surface area (Å²) in [6, 6.07) is 0. The van der Waals surface area contributed by atoms with E-state index in [1.54, 1.807) is 11.6 Å². The number of thiazole rings is 1. The Morgan fingerprint density at radius 2 is 2.46 bits per heavy atom. The highest BCUT2D eigenvalue weighted by atomic mass is 32.1. The number of hydrogen-bond acceptors (Lipinski definition) is 4. The summed E-state index contributed by atoms with van der Waals surface area (Å²) in [4.78, 5) is 15.2. The van der Waals surface area contributed by atoms with Gasteiger partial charge in [-0.2, -0.15) is 0 Å². The van der Waals surface area contributed by atoms with Crippen LogP contribution in [0.25, 0.3) is 0 Å². The van der Waals surface area contributed by atoms with Crippen LogP contribution in [0, 0.1) is 5.92 Å². The third-order valence-corrected chi connectivity index (χ3v) is 2.96. The molecule has 70 valence electrons. The van der Waals surface area contributed by atoms with Crippen LogP contribution in [0.2, 0.25) is 0 Å². The van der Waals surface area contributed by atoms with Crippen molar-refractivity contribution in [2.45, 2.75) is 25.9 Å². The summed E-state index contributed by atoms with van der Waals surface area (Å²) in [6.07, 6.45) is 3.74. The molecule has 0 N–H and O–H groups in total. The molecule has 0 amide bonds. The third-order valence-electron chi connectivity index (χ3n) is 2.21. The van der Waals surface area contributed by atoms with E-state index in [1.165, 1.54) is 11.3 Å². The van der Waals surface area contributed by atoms with Crippen LogP contribution < -0.4 is 0 Å². The molecule has 0 atom stereocenters. The van der Waals surface area contributed by atoms with Crippen LogP contribution in [0.15, 0.2) is 11.6 Å². The monoisotopic (exact) mass is 197 g/mol. The molecule has 0 unspecified atom stereocenters. The summed E-state index contributed by atoms with van der Waals surface area (Å²) < 4.78 is 5.21. The predicted molar refractivity (Wildman–Crippen MR) is 49.7 cm³/mol. The molecule has 1 aromatic heterocycles. The van der Waals surface area contributed by atoms with E-state index in [1.807, 2.05) is 0 Å². The van der Waals surface area contributed by atoms with Gasteiger partial charge in [-0.05, 0) is 18.8 Å². The van der Waals surface area contributed by atoms with Gasteiger partial charge < -0.3 is 4.74 Å². The molecule has 4 heteroatoms. The van der Waals surface area contributed by atoms with E-state index in [0.29, 0.717) is 10.9 Å². The van der Waals surface area contributed by atoms with Gasteiger partial charge in [-0.15, -0.1) is 11.3 Å². The maximum Gasteiger partial charge on any atom is 0.367 e. The number of carbonyl (C=O) groups excluding carboxylic acids is 1. The third kappa shape index (κ3) is 1.88. The van der Waals surface area contributed by atoms with Crippen molar-refractivity contribution in [1.82, 2.24) is 4.98 Å². The Morgan fingerprint density at radius 1 is 1.69 bits per heavy atom. The lowest BCUT2D eigenvalue weighted by molar-refractivity contribution is -0.00735. The van der Waals surface area contributed by atoms with Gasteiger partial charge in [0.2, 0.25) is 5.01 Å². The smallest absolute Gasteiger partial charge is 0.367 e. The van der Waals surface area contributed by atoms with Crippen LogP contribution in [0.4, 0.5) is 0 Å². The molecule has 1 heterocycles. The second-order valence-electron chi connectivity index (χ2n) is 3.44. The minimum atomic E-state index is -0.271. The van der Waals surface area contributed by atoms with Crippen molar-refractivity contribution >= 4 is 17.3 Å². The van der Waals surface area contributed by atoms with Gasteiger partial charge in [0.25, 0.3) is 0 Å². The zero-order valence-corrected chi connectivity index (χ0v) is 8.21. The Balaban J connectivity index is 1.86. The van der Waals surface area contributed by atoms with E-state index < -0.39 is 0 Å². The van der Waals surface area contributed by atoms with Crippen molar-refractivity contribution in [1.29, 1.82) is 0 Å². The number of ether oxygens (including phenoxy) is 1. The van der Waals surface area contributed by atoms with Crippen molar-refractivity contribution in [3.63, 3.8) is 0 Å². The van der Waals surface area contributed by atoms with Gasteiger partial charge in [0, 0.05) is 11.6 Å². The molecule has 1 aliphatic rings. The fourth-order valence-corrected chi connectivity index (χ4v) is 1.97. The molecule has 0 spiro atoms. The molecule has 1 saturated carbocycles. The molecule has 0 aromatic carbocycles. The Labute approximate surface area is 80.8 Å². The van der Waals surface area contributed by atoms with Crippen molar-refractivity contribution in [2.24, 2.45) is 5.92 Å². The van der Waals surface area contributed by atoms with Crippen LogP contribution in [0.5, 0.6) is 0 Å². The number of carbonyl (C=O) groups is 1. The maximum absolute atomic E-state index is 11.3. The standard InChI is InChI=1S/C9H11NO2S/c1-6-4-7(5-6)12-9(11)8-10-2-3-13-8/h2-3,6-7H,4-5H2,1H3. The number of rotatable bonds is 2. The van der Waals surface area contributed by atoms with Crippen molar-refractivity contribution in [3.8, 4) is 0 Å². The van der Waals surface area contributed by atoms with Crippen LogP contribution in [-0.4, -0.2) is 17.1 Å². The highest BCUT2D eigenvalue weighted by molar-refractivity contribution is 7.11. The maximum atomic E-state index is 11.3. The molecular weight excluding hydrogens is 186 g/mol. The zero-order chi connectivity index (χ0) is 9.26. The number of hydrogen-bond donors (Lipinski definition) is 0. The molecule has 1 aromatic rings. The fraction of sp³-hybridized carbons (Fsp3) is 0.556. The van der Waals surface area contributed by atoms with E-state index in [9.17, 15) is 4.79 Å². The molecular formula is C9H11NO2S. The molecule has 0 aliphatic heterocycles. The summed E-state index contributed by atoms with van der Waals surface area (Å²) in [5.41, 5.74) is 0. The van der Waals surface area contributed by atoms with E-state index in [-0.39, 0.29) is 12.1 Å². The summed E-state index contributed by atoms with van der Waals surface area (Å²) in [6.45, 7) is 2.16. The van der Waals surface area contributed by atoms with Gasteiger partial charge in [-0.3, -0.25) is 0 Å². The SMILES string of the molecule is CC1CC(OC(=O)c2nccs2)C1.